The SMILES string of the molecule is NCC(O)c1ccnc(N2CCCC2)n1. The van der Waals surface area contributed by atoms with E-state index >= 15 is 0 Å². The molecular formula is C10H16N4O. The number of rotatable bonds is 3. The highest BCUT2D eigenvalue weighted by Crippen LogP contribution is 2.17. The van der Waals surface area contributed by atoms with Crippen LogP contribution in [0.15, 0.2) is 12.3 Å². The lowest BCUT2D eigenvalue weighted by Crippen LogP contribution is -2.22. The molecule has 82 valence electrons. The minimum atomic E-state index is -0.686. The molecule has 0 radical (unpaired) electrons. The number of nitrogens with zero attached hydrogens (tertiary/aromatic N) is 3. The summed E-state index contributed by atoms with van der Waals surface area (Å²) in [6, 6.07) is 1.71. The van der Waals surface area contributed by atoms with Gasteiger partial charge in [0.15, 0.2) is 0 Å². The van der Waals surface area contributed by atoms with Gasteiger partial charge in [-0.05, 0) is 18.9 Å². The van der Waals surface area contributed by atoms with Crippen LogP contribution in [0.1, 0.15) is 24.6 Å². The number of aliphatic hydroxyl groups excluding tert-OH is 1. The highest BCUT2D eigenvalue weighted by atomic mass is 16.3. The minimum Gasteiger partial charge on any atom is -0.385 e. The van der Waals surface area contributed by atoms with E-state index in [-0.39, 0.29) is 6.54 Å². The molecule has 0 aromatic carbocycles. The third-order valence-corrected chi connectivity index (χ3v) is 2.62. The fraction of sp³-hybridized carbons (Fsp3) is 0.600. The molecule has 2 heterocycles. The summed E-state index contributed by atoms with van der Waals surface area (Å²) in [5.74, 6) is 0.706. The van der Waals surface area contributed by atoms with Gasteiger partial charge < -0.3 is 15.7 Å². The number of aliphatic hydroxyl groups is 1. The fourth-order valence-corrected chi connectivity index (χ4v) is 1.74. The van der Waals surface area contributed by atoms with Crippen molar-refractivity contribution in [2.45, 2.75) is 18.9 Å². The largest absolute Gasteiger partial charge is 0.385 e. The molecule has 0 amide bonds. The van der Waals surface area contributed by atoms with Gasteiger partial charge in [0.1, 0.15) is 6.10 Å². The van der Waals surface area contributed by atoms with Gasteiger partial charge in [-0.2, -0.15) is 0 Å². The van der Waals surface area contributed by atoms with E-state index in [1.807, 2.05) is 0 Å². The standard InChI is InChI=1S/C10H16N4O/c11-7-9(15)8-3-4-12-10(13-8)14-5-1-2-6-14/h3-4,9,15H,1-2,5-7,11H2. The van der Waals surface area contributed by atoms with Crippen molar-refractivity contribution in [2.24, 2.45) is 5.73 Å². The number of nitrogens with two attached hydrogens (primary N) is 1. The summed E-state index contributed by atoms with van der Waals surface area (Å²) in [6.07, 6.45) is 3.36. The van der Waals surface area contributed by atoms with Crippen LogP contribution in [0.4, 0.5) is 5.95 Å². The molecule has 1 atom stereocenters. The second-order valence-electron chi connectivity index (χ2n) is 3.73. The lowest BCUT2D eigenvalue weighted by atomic mass is 10.2. The molecule has 15 heavy (non-hydrogen) atoms. The quantitative estimate of drug-likeness (QED) is 0.735. The van der Waals surface area contributed by atoms with Crippen LogP contribution in [-0.4, -0.2) is 34.7 Å². The molecule has 2 rings (SSSR count). The Hall–Kier alpha value is -1.20. The third-order valence-electron chi connectivity index (χ3n) is 2.62. The molecule has 5 nitrogen and oxygen atoms in total. The molecule has 1 aliphatic heterocycles. The van der Waals surface area contributed by atoms with Crippen LogP contribution in [-0.2, 0) is 0 Å². The summed E-state index contributed by atoms with van der Waals surface area (Å²) < 4.78 is 0. The van der Waals surface area contributed by atoms with Gasteiger partial charge in [0.2, 0.25) is 5.95 Å². The summed E-state index contributed by atoms with van der Waals surface area (Å²) in [7, 11) is 0. The van der Waals surface area contributed by atoms with E-state index in [0.29, 0.717) is 11.6 Å². The number of hydrogen-bond acceptors (Lipinski definition) is 5. The van der Waals surface area contributed by atoms with Crippen molar-refractivity contribution < 1.29 is 5.11 Å². The monoisotopic (exact) mass is 208 g/mol. The van der Waals surface area contributed by atoms with Gasteiger partial charge in [-0.3, -0.25) is 0 Å². The van der Waals surface area contributed by atoms with E-state index in [1.54, 1.807) is 12.3 Å². The van der Waals surface area contributed by atoms with Crippen LogP contribution >= 0.6 is 0 Å². The van der Waals surface area contributed by atoms with Crippen LogP contribution in [0.25, 0.3) is 0 Å². The van der Waals surface area contributed by atoms with Gasteiger partial charge in [-0.15, -0.1) is 0 Å². The molecule has 5 heteroatoms. The maximum atomic E-state index is 9.56. The fourth-order valence-electron chi connectivity index (χ4n) is 1.74. The summed E-state index contributed by atoms with van der Waals surface area (Å²) in [5, 5.41) is 9.56. The predicted octanol–water partition coefficient (Wildman–Crippen LogP) is 0.0689. The highest BCUT2D eigenvalue weighted by Gasteiger charge is 2.16. The van der Waals surface area contributed by atoms with Crippen molar-refractivity contribution in [2.75, 3.05) is 24.5 Å². The van der Waals surface area contributed by atoms with Gasteiger partial charge in [0.05, 0.1) is 5.69 Å². The van der Waals surface area contributed by atoms with Gasteiger partial charge in [0.25, 0.3) is 0 Å². The van der Waals surface area contributed by atoms with Crippen LogP contribution in [0.2, 0.25) is 0 Å². The molecule has 1 aromatic rings. The Kier molecular flexibility index (Phi) is 3.13. The van der Waals surface area contributed by atoms with Crippen molar-refractivity contribution in [3.8, 4) is 0 Å². The van der Waals surface area contributed by atoms with Crippen LogP contribution in [0.5, 0.6) is 0 Å². The predicted molar refractivity (Wildman–Crippen MR) is 57.5 cm³/mol. The average molecular weight is 208 g/mol. The van der Waals surface area contributed by atoms with E-state index < -0.39 is 6.10 Å². The van der Waals surface area contributed by atoms with Crippen molar-refractivity contribution >= 4 is 5.95 Å². The first-order chi connectivity index (χ1) is 7.31. The van der Waals surface area contributed by atoms with E-state index in [4.69, 9.17) is 5.73 Å². The zero-order valence-electron chi connectivity index (χ0n) is 8.63. The first-order valence-corrected chi connectivity index (χ1v) is 5.27. The Morgan fingerprint density at radius 3 is 2.87 bits per heavy atom. The Bertz CT molecular complexity index is 325. The Morgan fingerprint density at radius 1 is 1.47 bits per heavy atom. The Labute approximate surface area is 88.9 Å². The summed E-state index contributed by atoms with van der Waals surface area (Å²) >= 11 is 0. The van der Waals surface area contributed by atoms with E-state index in [2.05, 4.69) is 14.9 Å². The topological polar surface area (TPSA) is 75.3 Å². The van der Waals surface area contributed by atoms with Gasteiger partial charge in [-0.25, -0.2) is 9.97 Å². The maximum Gasteiger partial charge on any atom is 0.225 e. The smallest absolute Gasteiger partial charge is 0.225 e. The van der Waals surface area contributed by atoms with Crippen molar-refractivity contribution in [1.29, 1.82) is 0 Å². The van der Waals surface area contributed by atoms with Crippen molar-refractivity contribution in [3.63, 3.8) is 0 Å². The number of anilines is 1. The molecule has 0 saturated carbocycles. The molecular weight excluding hydrogens is 192 g/mol. The second kappa shape index (κ2) is 4.55. The number of aromatic nitrogens is 2. The summed E-state index contributed by atoms with van der Waals surface area (Å²) in [6.45, 7) is 2.20. The van der Waals surface area contributed by atoms with Crippen LogP contribution in [0.3, 0.4) is 0 Å². The zero-order chi connectivity index (χ0) is 10.7. The molecule has 0 bridgehead atoms. The molecule has 1 unspecified atom stereocenters. The highest BCUT2D eigenvalue weighted by molar-refractivity contribution is 5.31. The summed E-state index contributed by atoms with van der Waals surface area (Å²) in [5.41, 5.74) is 5.99. The molecule has 0 spiro atoms. The normalized spacial score (nSPS) is 18.1. The van der Waals surface area contributed by atoms with Gasteiger partial charge in [-0.1, -0.05) is 0 Å². The minimum absolute atomic E-state index is 0.191. The first kappa shape index (κ1) is 10.3. The molecule has 1 aliphatic rings. The molecule has 0 aliphatic carbocycles. The third kappa shape index (κ3) is 2.24. The van der Waals surface area contributed by atoms with Gasteiger partial charge in [0, 0.05) is 25.8 Å². The van der Waals surface area contributed by atoms with Gasteiger partial charge >= 0.3 is 0 Å². The van der Waals surface area contributed by atoms with Crippen molar-refractivity contribution in [3.05, 3.63) is 18.0 Å². The maximum absolute atomic E-state index is 9.56. The van der Waals surface area contributed by atoms with Crippen LogP contribution in [0, 0.1) is 0 Å². The molecule has 1 aromatic heterocycles. The summed E-state index contributed by atoms with van der Waals surface area (Å²) in [4.78, 5) is 10.6. The number of hydrogen-bond donors (Lipinski definition) is 2. The molecule has 1 saturated heterocycles. The second-order valence-corrected chi connectivity index (χ2v) is 3.73. The molecule has 1 fully saturated rings. The first-order valence-electron chi connectivity index (χ1n) is 5.27. The average Bonchev–Trinajstić information content (AvgIpc) is 2.82. The Balaban J connectivity index is 2.18. The molecule has 3 N–H and O–H groups in total. The van der Waals surface area contributed by atoms with E-state index in [1.165, 1.54) is 12.8 Å². The van der Waals surface area contributed by atoms with Crippen LogP contribution < -0.4 is 10.6 Å². The van der Waals surface area contributed by atoms with Crippen molar-refractivity contribution in [1.82, 2.24) is 9.97 Å². The lowest BCUT2D eigenvalue weighted by molar-refractivity contribution is 0.182. The van der Waals surface area contributed by atoms with E-state index in [0.717, 1.165) is 13.1 Å². The Morgan fingerprint density at radius 2 is 2.20 bits per heavy atom. The van der Waals surface area contributed by atoms with E-state index in [9.17, 15) is 5.11 Å². The lowest BCUT2D eigenvalue weighted by Gasteiger charge is -2.16. The zero-order valence-corrected chi connectivity index (χ0v) is 8.63.